The molecule has 0 aromatic heterocycles. The molecule has 1 aliphatic carbocycles. The van der Waals surface area contributed by atoms with E-state index < -0.39 is 0 Å². The van der Waals surface area contributed by atoms with E-state index in [0.717, 1.165) is 19.3 Å². The van der Waals surface area contributed by atoms with Gasteiger partial charge in [-0.15, -0.1) is 0 Å². The van der Waals surface area contributed by atoms with Gasteiger partial charge in [0.05, 0.1) is 5.60 Å². The van der Waals surface area contributed by atoms with Crippen molar-refractivity contribution in [3.8, 4) is 0 Å². The molecule has 1 saturated carbocycles. The summed E-state index contributed by atoms with van der Waals surface area (Å²) >= 11 is 0. The first kappa shape index (κ1) is 17.0. The zero-order chi connectivity index (χ0) is 16.8. The van der Waals surface area contributed by atoms with Crippen LogP contribution in [0.2, 0.25) is 0 Å². The van der Waals surface area contributed by atoms with E-state index in [9.17, 15) is 4.79 Å². The summed E-state index contributed by atoms with van der Waals surface area (Å²) in [5.41, 5.74) is -0.183. The molecule has 2 aliphatic heterocycles. The van der Waals surface area contributed by atoms with Crippen LogP contribution in [0.4, 0.5) is 4.79 Å². The molecule has 0 spiro atoms. The highest BCUT2D eigenvalue weighted by Crippen LogP contribution is 2.51. The fourth-order valence-electron chi connectivity index (χ4n) is 4.84. The molecule has 5 nitrogen and oxygen atoms in total. The second kappa shape index (κ2) is 5.92. The van der Waals surface area contributed by atoms with Crippen LogP contribution in [0, 0.1) is 5.41 Å². The lowest BCUT2D eigenvalue weighted by molar-refractivity contribution is -0.177. The number of fused-ring (bicyclic) bond motifs is 2. The van der Waals surface area contributed by atoms with E-state index in [0.29, 0.717) is 18.1 Å². The van der Waals surface area contributed by atoms with E-state index in [1.54, 1.807) is 7.11 Å². The fourth-order valence-corrected chi connectivity index (χ4v) is 4.84. The lowest BCUT2D eigenvalue weighted by atomic mass is 9.56. The molecule has 0 radical (unpaired) electrons. The van der Waals surface area contributed by atoms with E-state index in [-0.39, 0.29) is 23.1 Å². The quantitative estimate of drug-likeness (QED) is 0.839. The Morgan fingerprint density at radius 1 is 1.13 bits per heavy atom. The average Bonchev–Trinajstić information content (AvgIpc) is 2.47. The van der Waals surface area contributed by atoms with Crippen molar-refractivity contribution in [2.24, 2.45) is 5.41 Å². The Balaban J connectivity index is 1.51. The third-order valence-corrected chi connectivity index (χ3v) is 7.26. The van der Waals surface area contributed by atoms with Crippen molar-refractivity contribution >= 4 is 6.03 Å². The van der Waals surface area contributed by atoms with Crippen LogP contribution in [-0.4, -0.2) is 54.9 Å². The second-order valence-corrected chi connectivity index (χ2v) is 8.60. The van der Waals surface area contributed by atoms with Crippen molar-refractivity contribution in [3.63, 3.8) is 0 Å². The summed E-state index contributed by atoms with van der Waals surface area (Å²) in [6.45, 7) is 6.47. The number of hydrogen-bond donors (Lipinski definition) is 2. The van der Waals surface area contributed by atoms with Gasteiger partial charge in [0.15, 0.2) is 0 Å². The van der Waals surface area contributed by atoms with Crippen LogP contribution < -0.4 is 10.6 Å². The number of piperidine rings is 2. The topological polar surface area (TPSA) is 53.6 Å². The number of nitrogens with one attached hydrogen (secondary N) is 2. The van der Waals surface area contributed by atoms with Crippen LogP contribution in [0.15, 0.2) is 0 Å². The van der Waals surface area contributed by atoms with Crippen molar-refractivity contribution in [1.29, 1.82) is 0 Å². The van der Waals surface area contributed by atoms with E-state index in [1.807, 2.05) is 0 Å². The Bertz CT molecular complexity index is 453. The minimum Gasteiger partial charge on any atom is -0.378 e. The zero-order valence-electron chi connectivity index (χ0n) is 15.3. The summed E-state index contributed by atoms with van der Waals surface area (Å²) in [7, 11) is 4.00. The normalized spacial score (nSPS) is 42.7. The van der Waals surface area contributed by atoms with Gasteiger partial charge in [-0.3, -0.25) is 0 Å². The molecule has 0 aromatic rings. The molecule has 3 aliphatic rings. The van der Waals surface area contributed by atoms with Gasteiger partial charge in [0.1, 0.15) is 0 Å². The van der Waals surface area contributed by atoms with Crippen molar-refractivity contribution in [2.75, 3.05) is 14.2 Å². The van der Waals surface area contributed by atoms with Crippen molar-refractivity contribution in [3.05, 3.63) is 0 Å². The molecule has 3 rings (SSSR count). The standard InChI is InChI=1S/C18H33N3O2/c1-17(2)15(11-18(17,3)23-5)20-16(22)19-12-9-13-7-6-8-14(10-12)21(13)4/h12-15H,6-11H2,1-5H3,(H2,19,20,22)/t12?,13-,14+,15-,18-/m0/s1. The number of methoxy groups -OCH3 is 1. The Hall–Kier alpha value is -0.810. The summed E-state index contributed by atoms with van der Waals surface area (Å²) in [5.74, 6) is 0. The number of hydrogen-bond acceptors (Lipinski definition) is 3. The van der Waals surface area contributed by atoms with Crippen LogP contribution in [0.5, 0.6) is 0 Å². The molecule has 1 unspecified atom stereocenters. The van der Waals surface area contributed by atoms with Crippen molar-refractivity contribution in [1.82, 2.24) is 15.5 Å². The molecule has 2 N–H and O–H groups in total. The highest BCUT2D eigenvalue weighted by Gasteiger charge is 2.58. The Kier molecular flexibility index (Phi) is 4.38. The molecule has 132 valence electrons. The maximum Gasteiger partial charge on any atom is 0.315 e. The lowest BCUT2D eigenvalue weighted by Crippen LogP contribution is -2.69. The van der Waals surface area contributed by atoms with Crippen molar-refractivity contribution < 1.29 is 9.53 Å². The van der Waals surface area contributed by atoms with Crippen LogP contribution in [0.25, 0.3) is 0 Å². The SMILES string of the molecule is CO[C@@]1(C)C[C@H](NC(=O)NC2C[C@H]3CCC[C@@H](C2)N3C)C1(C)C. The zero-order valence-corrected chi connectivity index (χ0v) is 15.3. The number of ether oxygens (including phenoxy) is 1. The van der Waals surface area contributed by atoms with Gasteiger partial charge in [-0.25, -0.2) is 4.79 Å². The Morgan fingerprint density at radius 3 is 2.26 bits per heavy atom. The first-order valence-electron chi connectivity index (χ1n) is 9.11. The molecular weight excluding hydrogens is 290 g/mol. The van der Waals surface area contributed by atoms with Crippen LogP contribution >= 0.6 is 0 Å². The molecule has 3 fully saturated rings. The largest absolute Gasteiger partial charge is 0.378 e. The number of nitrogens with zero attached hydrogens (tertiary/aromatic N) is 1. The molecule has 5 heteroatoms. The van der Waals surface area contributed by atoms with E-state index in [2.05, 4.69) is 43.4 Å². The van der Waals surface area contributed by atoms with Gasteiger partial charge in [0, 0.05) is 36.7 Å². The second-order valence-electron chi connectivity index (χ2n) is 8.60. The molecule has 0 aromatic carbocycles. The van der Waals surface area contributed by atoms with Crippen LogP contribution in [-0.2, 0) is 4.74 Å². The van der Waals surface area contributed by atoms with Gasteiger partial charge in [-0.1, -0.05) is 20.3 Å². The maximum atomic E-state index is 12.4. The van der Waals surface area contributed by atoms with Crippen LogP contribution in [0.1, 0.15) is 59.3 Å². The van der Waals surface area contributed by atoms with E-state index in [1.165, 1.54) is 19.3 Å². The Labute approximate surface area is 140 Å². The highest BCUT2D eigenvalue weighted by atomic mass is 16.5. The summed E-state index contributed by atoms with van der Waals surface area (Å²) in [5, 5.41) is 6.41. The number of urea groups is 1. The summed E-state index contributed by atoms with van der Waals surface area (Å²) in [4.78, 5) is 15.0. The van der Waals surface area contributed by atoms with Gasteiger partial charge >= 0.3 is 6.03 Å². The third kappa shape index (κ3) is 2.86. The number of carbonyl (C=O) groups excluding carboxylic acids is 1. The van der Waals surface area contributed by atoms with Gasteiger partial charge in [-0.05, 0) is 46.1 Å². The number of carbonyl (C=O) groups is 1. The summed E-state index contributed by atoms with van der Waals surface area (Å²) < 4.78 is 5.64. The van der Waals surface area contributed by atoms with E-state index in [4.69, 9.17) is 4.74 Å². The third-order valence-electron chi connectivity index (χ3n) is 7.26. The first-order chi connectivity index (χ1) is 10.8. The van der Waals surface area contributed by atoms with E-state index >= 15 is 0 Å². The molecule has 2 bridgehead atoms. The monoisotopic (exact) mass is 323 g/mol. The number of rotatable bonds is 3. The summed E-state index contributed by atoms with van der Waals surface area (Å²) in [6, 6.07) is 1.78. The predicted molar refractivity (Wildman–Crippen MR) is 91.5 cm³/mol. The Morgan fingerprint density at radius 2 is 1.74 bits per heavy atom. The summed E-state index contributed by atoms with van der Waals surface area (Å²) in [6.07, 6.45) is 6.94. The molecule has 5 atom stereocenters. The highest BCUT2D eigenvalue weighted by molar-refractivity contribution is 5.75. The van der Waals surface area contributed by atoms with Gasteiger partial charge in [-0.2, -0.15) is 0 Å². The molecule has 2 amide bonds. The predicted octanol–water partition coefficient (Wildman–Crippen LogP) is 2.50. The fraction of sp³-hybridized carbons (Fsp3) is 0.944. The maximum absolute atomic E-state index is 12.4. The minimum absolute atomic E-state index is 0.00569. The van der Waals surface area contributed by atoms with Gasteiger partial charge in [0.2, 0.25) is 0 Å². The van der Waals surface area contributed by atoms with Gasteiger partial charge in [0.25, 0.3) is 0 Å². The molecule has 23 heavy (non-hydrogen) atoms. The average molecular weight is 323 g/mol. The minimum atomic E-state index is -0.143. The molecule has 2 saturated heterocycles. The van der Waals surface area contributed by atoms with Gasteiger partial charge < -0.3 is 20.3 Å². The lowest BCUT2D eigenvalue weighted by Gasteiger charge is -2.59. The molecule has 2 heterocycles. The van der Waals surface area contributed by atoms with Crippen LogP contribution in [0.3, 0.4) is 0 Å². The first-order valence-corrected chi connectivity index (χ1v) is 9.11. The number of amides is 2. The smallest absolute Gasteiger partial charge is 0.315 e. The molecular formula is C18H33N3O2. The van der Waals surface area contributed by atoms with Crippen molar-refractivity contribution in [2.45, 2.75) is 89.1 Å².